The molecule has 0 spiro atoms. The van der Waals surface area contributed by atoms with Crippen LogP contribution in [-0.4, -0.2) is 21.5 Å². The third kappa shape index (κ3) is 3.97. The lowest BCUT2D eigenvalue weighted by Crippen LogP contribution is -2.47. The van der Waals surface area contributed by atoms with E-state index < -0.39 is 0 Å². The maximum Gasteiger partial charge on any atom is 0.252 e. The number of aromatic nitrogens is 2. The minimum atomic E-state index is 0.0494. The van der Waals surface area contributed by atoms with Gasteiger partial charge in [0.05, 0.1) is 11.0 Å². The van der Waals surface area contributed by atoms with Crippen molar-refractivity contribution in [1.29, 1.82) is 0 Å². The van der Waals surface area contributed by atoms with Gasteiger partial charge in [-0.25, -0.2) is 4.98 Å². The van der Waals surface area contributed by atoms with Crippen LogP contribution in [-0.2, 0) is 13.0 Å². The van der Waals surface area contributed by atoms with Crippen LogP contribution in [0.1, 0.15) is 75.1 Å². The predicted octanol–water partition coefficient (Wildman–Crippen LogP) is 7.65. The van der Waals surface area contributed by atoms with Crippen molar-refractivity contribution in [2.24, 2.45) is 16.7 Å². The Morgan fingerprint density at radius 3 is 2.45 bits per heavy atom. The van der Waals surface area contributed by atoms with E-state index in [-0.39, 0.29) is 22.8 Å². The summed E-state index contributed by atoms with van der Waals surface area (Å²) in [5.74, 6) is 1.89. The van der Waals surface area contributed by atoms with E-state index in [1.165, 1.54) is 23.9 Å². The average Bonchev–Trinajstić information content (AvgIpc) is 3.44. The van der Waals surface area contributed by atoms with Gasteiger partial charge in [0.15, 0.2) is 0 Å². The molecule has 1 heterocycles. The molecule has 196 valence electrons. The number of carbonyl (C=O) groups is 1. The molecule has 2 fully saturated rings. The largest absolute Gasteiger partial charge is 0.349 e. The summed E-state index contributed by atoms with van der Waals surface area (Å²) in [7, 11) is 0. The van der Waals surface area contributed by atoms with Crippen molar-refractivity contribution in [3.63, 3.8) is 0 Å². The van der Waals surface area contributed by atoms with Crippen LogP contribution in [0.2, 0.25) is 0 Å². The number of fused-ring (bicyclic) bond motifs is 3. The van der Waals surface area contributed by atoms with Gasteiger partial charge in [-0.05, 0) is 77.3 Å². The Kier molecular flexibility index (Phi) is 6.17. The lowest BCUT2D eigenvalue weighted by molar-refractivity contribution is 0.0826. The first-order chi connectivity index (χ1) is 18.3. The molecule has 2 aliphatic rings. The van der Waals surface area contributed by atoms with Crippen LogP contribution in [0.5, 0.6) is 0 Å². The van der Waals surface area contributed by atoms with Gasteiger partial charge in [0.2, 0.25) is 0 Å². The van der Waals surface area contributed by atoms with Gasteiger partial charge in [-0.15, -0.1) is 0 Å². The molecule has 0 radical (unpaired) electrons. The smallest absolute Gasteiger partial charge is 0.252 e. The highest BCUT2D eigenvalue weighted by Gasteiger charge is 2.61. The van der Waals surface area contributed by atoms with Crippen LogP contribution in [0.3, 0.4) is 0 Å². The number of carbonyl (C=O) groups excluding carboxylic acids is 1. The van der Waals surface area contributed by atoms with E-state index >= 15 is 0 Å². The van der Waals surface area contributed by atoms with Crippen molar-refractivity contribution in [3.05, 3.63) is 89.7 Å². The van der Waals surface area contributed by atoms with Gasteiger partial charge in [0.1, 0.15) is 5.82 Å². The number of nitrogens with one attached hydrogen (secondary N) is 1. The summed E-state index contributed by atoms with van der Waals surface area (Å²) in [4.78, 5) is 18.5. The molecule has 6 rings (SSSR count). The van der Waals surface area contributed by atoms with E-state index in [9.17, 15) is 4.79 Å². The topological polar surface area (TPSA) is 46.9 Å². The van der Waals surface area contributed by atoms with Crippen molar-refractivity contribution in [3.8, 4) is 11.1 Å². The second kappa shape index (κ2) is 9.41. The lowest BCUT2D eigenvalue weighted by atomic mass is 9.69. The van der Waals surface area contributed by atoms with Crippen molar-refractivity contribution in [1.82, 2.24) is 14.9 Å². The summed E-state index contributed by atoms with van der Waals surface area (Å²) in [6.45, 7) is 10.2. The lowest BCUT2D eigenvalue weighted by Gasteiger charge is -2.39. The van der Waals surface area contributed by atoms with E-state index in [4.69, 9.17) is 4.98 Å². The average molecular weight is 506 g/mol. The SMILES string of the molecule is CCCc1nc2ccccc2n1Cc1ccc(-c2ccccc2C(=O)N[C@H]2C[C@H]3CC[C@]2(C)C3(C)C)cc1. The number of aryl methyl sites for hydroxylation is 1. The van der Waals surface area contributed by atoms with E-state index in [2.05, 4.69) is 92.2 Å². The molecule has 2 saturated carbocycles. The molecule has 38 heavy (non-hydrogen) atoms. The quantitative estimate of drug-likeness (QED) is 0.280. The highest BCUT2D eigenvalue weighted by molar-refractivity contribution is 6.01. The molecule has 4 nitrogen and oxygen atoms in total. The number of rotatable bonds is 7. The molecule has 0 saturated heterocycles. The zero-order valence-corrected chi connectivity index (χ0v) is 23.1. The Morgan fingerprint density at radius 1 is 1.00 bits per heavy atom. The standard InChI is InChI=1S/C34H39N3O/c1-5-10-31-35-28-13-8-9-14-29(28)37(31)22-23-15-17-24(18-16-23)26-11-6-7-12-27(26)32(38)36-30-21-25-19-20-34(30,4)33(25,2)3/h6-9,11-18,25,30H,5,10,19-22H2,1-4H3,(H,36,38)/t25-,30+,34+/m1/s1. The molecule has 1 N–H and O–H groups in total. The zero-order valence-electron chi connectivity index (χ0n) is 23.1. The second-order valence-corrected chi connectivity index (χ2v) is 12.2. The molecule has 0 unspecified atom stereocenters. The molecular formula is C34H39N3O. The Hall–Kier alpha value is -3.40. The van der Waals surface area contributed by atoms with Crippen LogP contribution in [0.25, 0.3) is 22.2 Å². The van der Waals surface area contributed by atoms with E-state index in [0.29, 0.717) is 5.92 Å². The van der Waals surface area contributed by atoms with Gasteiger partial charge < -0.3 is 9.88 Å². The van der Waals surface area contributed by atoms with Crippen LogP contribution in [0.15, 0.2) is 72.8 Å². The van der Waals surface area contributed by atoms with Crippen molar-refractivity contribution in [2.75, 3.05) is 0 Å². The summed E-state index contributed by atoms with van der Waals surface area (Å²) in [5.41, 5.74) is 6.73. The van der Waals surface area contributed by atoms with Crippen molar-refractivity contribution >= 4 is 16.9 Å². The Labute approximate surface area is 226 Å². The number of imidazole rings is 1. The molecule has 4 aromatic rings. The Morgan fingerprint density at radius 2 is 1.74 bits per heavy atom. The molecule has 1 amide bonds. The van der Waals surface area contributed by atoms with Gasteiger partial charge in [-0.1, -0.05) is 82.3 Å². The highest BCUT2D eigenvalue weighted by atomic mass is 16.1. The number of para-hydroxylation sites is 2. The first-order valence-corrected chi connectivity index (χ1v) is 14.2. The molecule has 1 aromatic heterocycles. The second-order valence-electron chi connectivity index (χ2n) is 12.2. The molecule has 3 atom stereocenters. The van der Waals surface area contributed by atoms with Crippen molar-refractivity contribution < 1.29 is 4.79 Å². The number of amides is 1. The van der Waals surface area contributed by atoms with E-state index in [1.54, 1.807) is 0 Å². The maximum atomic E-state index is 13.6. The number of benzene rings is 3. The normalized spacial score (nSPS) is 23.7. The molecule has 3 aromatic carbocycles. The third-order valence-electron chi connectivity index (χ3n) is 10.1. The van der Waals surface area contributed by atoms with Crippen LogP contribution >= 0.6 is 0 Å². The fourth-order valence-electron chi connectivity index (χ4n) is 7.28. The zero-order chi connectivity index (χ0) is 26.5. The van der Waals surface area contributed by atoms with Crippen LogP contribution < -0.4 is 5.32 Å². The summed E-state index contributed by atoms with van der Waals surface area (Å²) in [6, 6.07) is 25.3. The summed E-state index contributed by atoms with van der Waals surface area (Å²) < 4.78 is 2.34. The molecule has 0 aliphatic heterocycles. The maximum absolute atomic E-state index is 13.6. The summed E-state index contributed by atoms with van der Waals surface area (Å²) >= 11 is 0. The third-order valence-corrected chi connectivity index (χ3v) is 10.1. The monoisotopic (exact) mass is 505 g/mol. The van der Waals surface area contributed by atoms with Crippen molar-refractivity contribution in [2.45, 2.75) is 72.4 Å². The van der Waals surface area contributed by atoms with E-state index in [0.717, 1.165) is 53.8 Å². The van der Waals surface area contributed by atoms with Gasteiger partial charge in [0, 0.05) is 24.6 Å². The first kappa shape index (κ1) is 24.9. The predicted molar refractivity (Wildman–Crippen MR) is 155 cm³/mol. The fraction of sp³-hybridized carbons (Fsp3) is 0.412. The van der Waals surface area contributed by atoms with E-state index in [1.807, 2.05) is 18.2 Å². The van der Waals surface area contributed by atoms with Gasteiger partial charge in [-0.3, -0.25) is 4.79 Å². The first-order valence-electron chi connectivity index (χ1n) is 14.2. The minimum Gasteiger partial charge on any atom is -0.349 e. The molecule has 2 aliphatic carbocycles. The highest BCUT2D eigenvalue weighted by Crippen LogP contribution is 2.65. The van der Waals surface area contributed by atoms with Gasteiger partial charge >= 0.3 is 0 Å². The van der Waals surface area contributed by atoms with Crippen LogP contribution in [0, 0.1) is 16.7 Å². The Bertz CT molecular complexity index is 1480. The van der Waals surface area contributed by atoms with Crippen LogP contribution in [0.4, 0.5) is 0 Å². The Balaban J connectivity index is 1.24. The number of hydrogen-bond acceptors (Lipinski definition) is 2. The summed E-state index contributed by atoms with van der Waals surface area (Å²) in [6.07, 6.45) is 5.61. The number of hydrogen-bond donors (Lipinski definition) is 1. The molecular weight excluding hydrogens is 466 g/mol. The van der Waals surface area contributed by atoms with Gasteiger partial charge in [-0.2, -0.15) is 0 Å². The molecule has 4 heteroatoms. The van der Waals surface area contributed by atoms with Gasteiger partial charge in [0.25, 0.3) is 5.91 Å². The summed E-state index contributed by atoms with van der Waals surface area (Å²) in [5, 5.41) is 3.46. The fourth-order valence-corrected chi connectivity index (χ4v) is 7.28. The minimum absolute atomic E-state index is 0.0494. The number of nitrogens with zero attached hydrogens (tertiary/aromatic N) is 2. The molecule has 2 bridgehead atoms.